The lowest BCUT2D eigenvalue weighted by Crippen LogP contribution is -2.28. The summed E-state index contributed by atoms with van der Waals surface area (Å²) in [6.07, 6.45) is 0. The molecule has 0 unspecified atom stereocenters. The molecule has 5 N–H and O–H groups in total. The molecule has 0 heterocycles. The summed E-state index contributed by atoms with van der Waals surface area (Å²) in [6.45, 7) is 0. The van der Waals surface area contributed by atoms with Gasteiger partial charge in [-0.05, 0) is 0 Å². The number of hydrogen-bond acceptors (Lipinski definition) is 2. The van der Waals surface area contributed by atoms with Gasteiger partial charge in [0.05, 0.1) is 0 Å². The van der Waals surface area contributed by atoms with Gasteiger partial charge < -0.3 is 20.4 Å². The second-order valence-corrected chi connectivity index (χ2v) is 2.48. The van der Waals surface area contributed by atoms with Gasteiger partial charge in [0.15, 0.2) is 5.96 Å². The van der Waals surface area contributed by atoms with Crippen LogP contribution >= 0.6 is 7.75 Å². The lowest BCUT2D eigenvalue weighted by atomic mass is 10.5. The van der Waals surface area contributed by atoms with Crippen LogP contribution in [0.4, 0.5) is 0 Å². The van der Waals surface area contributed by atoms with Crippen molar-refractivity contribution in [2.75, 3.05) is 0 Å². The third-order valence-electron chi connectivity index (χ3n) is 0.399. The summed E-state index contributed by atoms with van der Waals surface area (Å²) in [4.78, 5) is 19.0. The predicted octanol–water partition coefficient (Wildman–Crippen LogP) is -1.93. The fourth-order valence-corrected chi connectivity index (χ4v) is 0.534. The Kier molecular flexibility index (Phi) is 2.70. The quantitative estimate of drug-likeness (QED) is 0.150. The summed E-state index contributed by atoms with van der Waals surface area (Å²) >= 11 is 0. The molecule has 0 saturated carbocycles. The first-order valence-corrected chi connectivity index (χ1v) is 3.44. The van der Waals surface area contributed by atoms with Crippen LogP contribution in [0.1, 0.15) is 0 Å². The normalized spacial score (nSPS) is 13.3. The molecule has 0 saturated heterocycles. The van der Waals surface area contributed by atoms with E-state index in [0.717, 1.165) is 0 Å². The molecular formula is CH5BN3O3P. The Morgan fingerprint density at radius 3 is 2.33 bits per heavy atom. The van der Waals surface area contributed by atoms with Gasteiger partial charge in [-0.3, -0.25) is 5.09 Å². The highest BCUT2D eigenvalue weighted by atomic mass is 31.2. The zero-order valence-corrected chi connectivity index (χ0v) is 5.25. The van der Waals surface area contributed by atoms with Crippen molar-refractivity contribution in [3.05, 3.63) is 0 Å². The third-order valence-corrected chi connectivity index (χ3v) is 0.920. The van der Waals surface area contributed by atoms with Crippen molar-refractivity contribution in [2.45, 2.75) is 0 Å². The van der Waals surface area contributed by atoms with Crippen LogP contribution in [-0.4, -0.2) is 23.7 Å². The van der Waals surface area contributed by atoms with Crippen LogP contribution in [0.2, 0.25) is 0 Å². The Morgan fingerprint density at radius 1 is 1.78 bits per heavy atom. The summed E-state index contributed by atoms with van der Waals surface area (Å²) in [6, 6.07) is 0. The first-order valence-electron chi connectivity index (χ1n) is 1.83. The van der Waals surface area contributed by atoms with Crippen LogP contribution < -0.4 is 10.8 Å². The Morgan fingerprint density at radius 2 is 2.22 bits per heavy atom. The molecule has 2 radical (unpaired) electrons. The third kappa shape index (κ3) is 5.35. The van der Waals surface area contributed by atoms with E-state index in [1.807, 2.05) is 0 Å². The summed E-state index contributed by atoms with van der Waals surface area (Å²) in [5.41, 5.74) is 4.78. The highest BCUT2D eigenvalue weighted by Crippen LogP contribution is 2.26. The number of rotatable bonds is 1. The summed E-state index contributed by atoms with van der Waals surface area (Å²) in [5.74, 6) is -0.497. The lowest BCUT2D eigenvalue weighted by Gasteiger charge is -2.04. The highest BCUT2D eigenvalue weighted by Gasteiger charge is 2.11. The van der Waals surface area contributed by atoms with Crippen molar-refractivity contribution in [3.8, 4) is 0 Å². The molecule has 0 aliphatic rings. The minimum atomic E-state index is -4.32. The summed E-state index contributed by atoms with van der Waals surface area (Å²) < 4.78 is 9.97. The molecule has 0 aromatic heterocycles. The molecule has 0 aromatic carbocycles. The average Bonchev–Trinajstić information content (AvgIpc) is 1.62. The van der Waals surface area contributed by atoms with Crippen molar-refractivity contribution in [1.82, 2.24) is 5.09 Å². The molecule has 0 rings (SSSR count). The van der Waals surface area contributed by atoms with Gasteiger partial charge in [-0.15, -0.1) is 0 Å². The van der Waals surface area contributed by atoms with Crippen molar-refractivity contribution in [3.63, 3.8) is 0 Å². The minimum absolute atomic E-state index is 0.497. The number of guanidine groups is 1. The van der Waals surface area contributed by atoms with Crippen molar-refractivity contribution >= 4 is 21.7 Å². The lowest BCUT2D eigenvalue weighted by molar-refractivity contribution is 0.367. The van der Waals surface area contributed by atoms with Gasteiger partial charge in [0.2, 0.25) is 0 Å². The number of nitrogens with zero attached hydrogens (tertiary/aromatic N) is 1. The zero-order valence-electron chi connectivity index (χ0n) is 4.35. The summed E-state index contributed by atoms with van der Waals surface area (Å²) in [5, 5.41) is 1.54. The monoisotopic (exact) mass is 149 g/mol. The van der Waals surface area contributed by atoms with E-state index >= 15 is 0 Å². The molecule has 6 nitrogen and oxygen atoms in total. The molecule has 0 aliphatic carbocycles. The van der Waals surface area contributed by atoms with Gasteiger partial charge >= 0.3 is 7.75 Å². The van der Waals surface area contributed by atoms with Gasteiger partial charge in [-0.2, -0.15) is 0 Å². The molecule has 50 valence electrons. The molecule has 8 heteroatoms. The topological polar surface area (TPSA) is 108 Å². The van der Waals surface area contributed by atoms with Gasteiger partial charge in [0.1, 0.15) is 0 Å². The van der Waals surface area contributed by atoms with Crippen molar-refractivity contribution < 1.29 is 14.4 Å². The number of nitrogens with two attached hydrogens (primary N) is 1. The Hall–Kier alpha value is -0.515. The highest BCUT2D eigenvalue weighted by molar-refractivity contribution is 7.50. The second-order valence-electron chi connectivity index (χ2n) is 1.17. The first kappa shape index (κ1) is 8.48. The van der Waals surface area contributed by atoms with Crippen molar-refractivity contribution in [2.24, 2.45) is 10.6 Å². The molecule has 0 bridgehead atoms. The fourth-order valence-electron chi connectivity index (χ4n) is 0.178. The molecule has 0 spiro atoms. The molecular weight excluding hydrogens is 144 g/mol. The minimum Gasteiger partial charge on any atom is -0.371 e. The predicted molar refractivity (Wildman–Crippen MR) is 32.6 cm³/mol. The molecule has 0 aliphatic heterocycles. The van der Waals surface area contributed by atoms with Gasteiger partial charge in [0.25, 0.3) is 7.98 Å². The van der Waals surface area contributed by atoms with Gasteiger partial charge in [-0.1, -0.05) is 0 Å². The van der Waals surface area contributed by atoms with Crippen LogP contribution in [-0.2, 0) is 4.57 Å². The summed E-state index contributed by atoms with van der Waals surface area (Å²) in [7, 11) is 0.212. The van der Waals surface area contributed by atoms with Crippen LogP contribution in [0.3, 0.4) is 0 Å². The maximum absolute atomic E-state index is 9.97. The van der Waals surface area contributed by atoms with E-state index in [2.05, 4.69) is 12.9 Å². The molecule has 9 heavy (non-hydrogen) atoms. The van der Waals surface area contributed by atoms with Crippen LogP contribution in [0.15, 0.2) is 4.90 Å². The smallest absolute Gasteiger partial charge is 0.371 e. The van der Waals surface area contributed by atoms with E-state index < -0.39 is 13.7 Å². The van der Waals surface area contributed by atoms with E-state index in [1.54, 1.807) is 0 Å². The molecule has 0 aromatic rings. The van der Waals surface area contributed by atoms with E-state index in [-0.39, 0.29) is 0 Å². The Balaban J connectivity index is 3.90. The van der Waals surface area contributed by atoms with E-state index in [0.29, 0.717) is 0 Å². The fraction of sp³-hybridized carbons (Fsp3) is 0. The van der Waals surface area contributed by atoms with Crippen LogP contribution in [0.5, 0.6) is 0 Å². The first-order chi connectivity index (χ1) is 3.95. The van der Waals surface area contributed by atoms with Crippen molar-refractivity contribution in [1.29, 1.82) is 0 Å². The Bertz CT molecular complexity index is 162. The van der Waals surface area contributed by atoms with E-state index in [9.17, 15) is 4.57 Å². The zero-order chi connectivity index (χ0) is 7.49. The molecule has 0 atom stereocenters. The molecule has 0 fully saturated rings. The van der Waals surface area contributed by atoms with E-state index in [4.69, 9.17) is 15.5 Å². The van der Waals surface area contributed by atoms with Gasteiger partial charge in [-0.25, -0.2) is 4.57 Å². The van der Waals surface area contributed by atoms with E-state index in [1.165, 1.54) is 5.09 Å². The van der Waals surface area contributed by atoms with Crippen LogP contribution in [0, 0.1) is 0 Å². The number of nitrogens with one attached hydrogen (secondary N) is 1. The molecule has 0 amide bonds. The average molecular weight is 149 g/mol. The number of hydrogen-bond donors (Lipinski definition) is 4. The SMILES string of the molecule is [B]N=C(N)NP(=O)(O)O. The van der Waals surface area contributed by atoms with Gasteiger partial charge in [0, 0.05) is 0 Å². The maximum Gasteiger partial charge on any atom is 0.429 e. The van der Waals surface area contributed by atoms with Crippen LogP contribution in [0.25, 0.3) is 0 Å². The Labute approximate surface area is 52.8 Å². The second kappa shape index (κ2) is 2.86. The maximum atomic E-state index is 9.97. The largest absolute Gasteiger partial charge is 0.429 e. The standard InChI is InChI=1S/CH5BN3O3P/c2-4-1(3)5-9(6,7)8/h(H5,3,4,5,6,7,8).